The molecule has 2 aliphatic heterocycles. The number of carbonyl (C=O) groups is 1. The molecule has 2 aliphatic rings. The molecule has 3 aromatic rings. The normalized spacial score (nSPS) is 21.0. The average molecular weight is 376 g/mol. The van der Waals surface area contributed by atoms with Gasteiger partial charge in [-0.1, -0.05) is 18.2 Å². The summed E-state index contributed by atoms with van der Waals surface area (Å²) in [5.74, 6) is 1.77. The summed E-state index contributed by atoms with van der Waals surface area (Å²) < 4.78 is 4.04. The van der Waals surface area contributed by atoms with E-state index in [1.165, 1.54) is 0 Å². The molecule has 0 saturated carbocycles. The molecule has 6 heteroatoms. The second-order valence-corrected chi connectivity index (χ2v) is 8.05. The fourth-order valence-corrected chi connectivity index (χ4v) is 4.94. The molecule has 1 fully saturated rings. The zero-order valence-corrected chi connectivity index (χ0v) is 16.0. The molecule has 28 heavy (non-hydrogen) atoms. The quantitative estimate of drug-likeness (QED) is 0.706. The van der Waals surface area contributed by atoms with Crippen molar-refractivity contribution in [1.29, 1.82) is 0 Å². The third-order valence-electron chi connectivity index (χ3n) is 6.23. The lowest BCUT2D eigenvalue weighted by atomic mass is 9.83. The largest absolute Gasteiger partial charge is 0.342 e. The topological polar surface area (TPSA) is 60.1 Å². The second-order valence-electron chi connectivity index (χ2n) is 8.05. The van der Waals surface area contributed by atoms with Crippen LogP contribution >= 0.6 is 0 Å². The molecule has 1 aromatic carbocycles. The van der Waals surface area contributed by atoms with Gasteiger partial charge in [0.1, 0.15) is 5.82 Å². The lowest BCUT2D eigenvalue weighted by Crippen LogP contribution is -2.49. The Balaban J connectivity index is 1.32. The van der Waals surface area contributed by atoms with Gasteiger partial charge >= 0.3 is 0 Å². The fourth-order valence-electron chi connectivity index (χ4n) is 4.94. The molecule has 2 bridgehead atoms. The summed E-state index contributed by atoms with van der Waals surface area (Å²) in [6.07, 6.45) is 1.54. The number of hydrogen-bond acceptors (Lipinski definition) is 3. The molecule has 2 atom stereocenters. The molecule has 0 aliphatic carbocycles. The Bertz CT molecular complexity index is 1110. The van der Waals surface area contributed by atoms with Crippen LogP contribution in [0.4, 0.5) is 0 Å². The summed E-state index contributed by atoms with van der Waals surface area (Å²) in [5, 5.41) is 0. The first-order valence-corrected chi connectivity index (χ1v) is 9.99. The zero-order chi connectivity index (χ0) is 19.3. The summed E-state index contributed by atoms with van der Waals surface area (Å²) in [6.45, 7) is 4.82. The minimum absolute atomic E-state index is 0.0782. The molecule has 0 spiro atoms. The molecule has 0 N–H and O–H groups in total. The minimum Gasteiger partial charge on any atom is -0.342 e. The Morgan fingerprint density at radius 2 is 1.96 bits per heavy atom. The first kappa shape index (κ1) is 17.2. The third kappa shape index (κ3) is 2.84. The number of likely N-dealkylation sites (tertiary alicyclic amines) is 1. The Morgan fingerprint density at radius 3 is 2.86 bits per heavy atom. The number of rotatable bonds is 3. The van der Waals surface area contributed by atoms with Crippen LogP contribution in [-0.2, 0) is 17.9 Å². The smallest absolute Gasteiger partial charge is 0.250 e. The maximum absolute atomic E-state index is 13.0. The van der Waals surface area contributed by atoms with Gasteiger partial charge in [-0.2, -0.15) is 0 Å². The molecule has 4 heterocycles. The summed E-state index contributed by atoms with van der Waals surface area (Å²) in [4.78, 5) is 31.7. The lowest BCUT2D eigenvalue weighted by molar-refractivity contribution is -0.134. The van der Waals surface area contributed by atoms with E-state index >= 15 is 0 Å². The van der Waals surface area contributed by atoms with Gasteiger partial charge in [0.25, 0.3) is 5.56 Å². The van der Waals surface area contributed by atoms with E-state index < -0.39 is 0 Å². The first-order chi connectivity index (χ1) is 13.6. The zero-order valence-electron chi connectivity index (χ0n) is 16.0. The first-order valence-electron chi connectivity index (χ1n) is 9.99. The number of fused-ring (bicyclic) bond motifs is 5. The summed E-state index contributed by atoms with van der Waals surface area (Å²) in [7, 11) is 0. The van der Waals surface area contributed by atoms with Crippen molar-refractivity contribution in [3.63, 3.8) is 0 Å². The Morgan fingerprint density at radius 1 is 1.11 bits per heavy atom. The third-order valence-corrected chi connectivity index (χ3v) is 6.23. The second kappa shape index (κ2) is 6.62. The van der Waals surface area contributed by atoms with Gasteiger partial charge in [0.05, 0.1) is 11.0 Å². The van der Waals surface area contributed by atoms with Crippen LogP contribution in [0.5, 0.6) is 0 Å². The maximum atomic E-state index is 13.0. The fraction of sp³-hybridized carbons (Fsp3) is 0.409. The van der Waals surface area contributed by atoms with E-state index in [1.54, 1.807) is 6.07 Å². The monoisotopic (exact) mass is 376 g/mol. The highest BCUT2D eigenvalue weighted by Crippen LogP contribution is 2.35. The molecule has 2 aromatic heterocycles. The van der Waals surface area contributed by atoms with E-state index in [9.17, 15) is 9.59 Å². The maximum Gasteiger partial charge on any atom is 0.250 e. The van der Waals surface area contributed by atoms with Crippen LogP contribution in [0.15, 0.2) is 47.3 Å². The number of benzene rings is 1. The number of piperidine rings is 1. The average Bonchev–Trinajstić information content (AvgIpc) is 3.02. The molecule has 0 unspecified atom stereocenters. The van der Waals surface area contributed by atoms with Crippen molar-refractivity contribution >= 4 is 16.9 Å². The van der Waals surface area contributed by atoms with E-state index in [-0.39, 0.29) is 17.4 Å². The van der Waals surface area contributed by atoms with Crippen molar-refractivity contribution < 1.29 is 4.79 Å². The van der Waals surface area contributed by atoms with E-state index in [0.717, 1.165) is 42.1 Å². The van der Waals surface area contributed by atoms with Crippen molar-refractivity contribution in [2.45, 2.75) is 38.8 Å². The SMILES string of the molecule is Cc1nc2ccccc2n1CCC(=O)N1C[C@H]2C[C@H](C1)c1cccc(=O)n1C2. The minimum atomic E-state index is 0.0782. The van der Waals surface area contributed by atoms with Crippen LogP contribution in [0.3, 0.4) is 0 Å². The van der Waals surface area contributed by atoms with Gasteiger partial charge in [-0.3, -0.25) is 9.59 Å². The van der Waals surface area contributed by atoms with Crippen molar-refractivity contribution in [1.82, 2.24) is 19.0 Å². The number of amides is 1. The van der Waals surface area contributed by atoms with Gasteiger partial charge in [-0.15, -0.1) is 0 Å². The van der Waals surface area contributed by atoms with Gasteiger partial charge in [0.2, 0.25) is 5.91 Å². The highest BCUT2D eigenvalue weighted by atomic mass is 16.2. The molecule has 5 rings (SSSR count). The molecular formula is C22H24N4O2. The van der Waals surface area contributed by atoms with Gasteiger partial charge in [0.15, 0.2) is 0 Å². The molecule has 0 radical (unpaired) electrons. The van der Waals surface area contributed by atoms with Crippen LogP contribution in [0, 0.1) is 12.8 Å². The summed E-state index contributed by atoms with van der Waals surface area (Å²) >= 11 is 0. The Hall–Kier alpha value is -2.89. The van der Waals surface area contributed by atoms with Crippen molar-refractivity contribution in [2.75, 3.05) is 13.1 Å². The number of aryl methyl sites for hydroxylation is 2. The molecule has 1 saturated heterocycles. The summed E-state index contributed by atoms with van der Waals surface area (Å²) in [6, 6.07) is 13.6. The Labute approximate surface area is 163 Å². The number of aromatic nitrogens is 3. The number of imidazole rings is 1. The van der Waals surface area contributed by atoms with E-state index in [2.05, 4.69) is 15.6 Å². The predicted molar refractivity (Wildman–Crippen MR) is 107 cm³/mol. The number of para-hydroxylation sites is 2. The standard InChI is InChI=1S/C22H24N4O2/c1-15-23-18-5-2-3-6-20(18)25(15)10-9-21(27)24-12-16-11-17(14-24)19-7-4-8-22(28)26(19)13-16/h2-8,16-17H,9-14H2,1H3/t16-,17-/m1/s1. The number of carbonyl (C=O) groups excluding carboxylic acids is 1. The highest BCUT2D eigenvalue weighted by Gasteiger charge is 2.36. The predicted octanol–water partition coefficient (Wildman–Crippen LogP) is 2.54. The van der Waals surface area contributed by atoms with E-state index in [1.807, 2.05) is 46.7 Å². The lowest BCUT2D eigenvalue weighted by Gasteiger charge is -2.42. The van der Waals surface area contributed by atoms with Crippen molar-refractivity contribution in [3.05, 3.63) is 64.3 Å². The summed E-state index contributed by atoms with van der Waals surface area (Å²) in [5.41, 5.74) is 3.21. The van der Waals surface area contributed by atoms with E-state index in [4.69, 9.17) is 0 Å². The van der Waals surface area contributed by atoms with Crippen LogP contribution in [0.1, 0.15) is 30.3 Å². The van der Waals surface area contributed by atoms with Gasteiger partial charge < -0.3 is 14.0 Å². The number of nitrogens with zero attached hydrogens (tertiary/aromatic N) is 4. The van der Waals surface area contributed by atoms with Crippen LogP contribution in [0.25, 0.3) is 11.0 Å². The number of hydrogen-bond donors (Lipinski definition) is 0. The molecule has 6 nitrogen and oxygen atoms in total. The van der Waals surface area contributed by atoms with Gasteiger partial charge in [0, 0.05) is 50.3 Å². The molecular weight excluding hydrogens is 352 g/mol. The van der Waals surface area contributed by atoms with Crippen molar-refractivity contribution in [2.24, 2.45) is 5.92 Å². The highest BCUT2D eigenvalue weighted by molar-refractivity contribution is 5.78. The number of pyridine rings is 1. The van der Waals surface area contributed by atoms with Crippen molar-refractivity contribution in [3.8, 4) is 0 Å². The van der Waals surface area contributed by atoms with E-state index in [0.29, 0.717) is 25.4 Å². The van der Waals surface area contributed by atoms with Crippen LogP contribution in [-0.4, -0.2) is 38.0 Å². The van der Waals surface area contributed by atoms with Crippen LogP contribution in [0.2, 0.25) is 0 Å². The molecule has 1 amide bonds. The van der Waals surface area contributed by atoms with Gasteiger partial charge in [-0.25, -0.2) is 4.98 Å². The van der Waals surface area contributed by atoms with Crippen LogP contribution < -0.4 is 5.56 Å². The molecule has 144 valence electrons. The Kier molecular flexibility index (Phi) is 4.07. The van der Waals surface area contributed by atoms with Gasteiger partial charge in [-0.05, 0) is 37.5 Å².